The molecular formula is C23H28N6O3. The third-order valence-corrected chi connectivity index (χ3v) is 5.91. The number of hydrogen-bond donors (Lipinski definition) is 4. The summed E-state index contributed by atoms with van der Waals surface area (Å²) < 4.78 is 0. The Morgan fingerprint density at radius 3 is 2.56 bits per heavy atom. The second kappa shape index (κ2) is 9.67. The molecule has 4 rings (SSSR count). The number of anilines is 2. The molecule has 9 heteroatoms. The summed E-state index contributed by atoms with van der Waals surface area (Å²) in [5, 5.41) is 11.4. The molecule has 0 radical (unpaired) electrons. The van der Waals surface area contributed by atoms with Gasteiger partial charge in [0.2, 0.25) is 11.8 Å². The Labute approximate surface area is 187 Å². The molecule has 2 aromatic rings. The molecule has 1 aromatic carbocycles. The summed E-state index contributed by atoms with van der Waals surface area (Å²) in [6, 6.07) is 12.8. The molecule has 1 aromatic heterocycles. The number of aromatic nitrogens is 1. The number of carbonyl (C=O) groups excluding carboxylic acids is 3. The van der Waals surface area contributed by atoms with Crippen molar-refractivity contribution in [2.75, 3.05) is 29.9 Å². The van der Waals surface area contributed by atoms with Gasteiger partial charge >= 0.3 is 6.03 Å². The number of urea groups is 1. The monoisotopic (exact) mass is 436 g/mol. The first-order chi connectivity index (χ1) is 15.5. The highest BCUT2D eigenvalue weighted by Crippen LogP contribution is 2.31. The van der Waals surface area contributed by atoms with Gasteiger partial charge in [0.1, 0.15) is 11.4 Å². The molecule has 1 aliphatic heterocycles. The Morgan fingerprint density at radius 2 is 1.88 bits per heavy atom. The third kappa shape index (κ3) is 5.16. The number of hydrogen-bond acceptors (Lipinski definition) is 5. The van der Waals surface area contributed by atoms with Crippen LogP contribution in [0.4, 0.5) is 16.3 Å². The fraction of sp³-hybridized carbons (Fsp3) is 0.391. The van der Waals surface area contributed by atoms with Crippen LogP contribution in [-0.2, 0) is 16.1 Å². The molecule has 9 nitrogen and oxygen atoms in total. The van der Waals surface area contributed by atoms with Gasteiger partial charge in [-0.25, -0.2) is 9.78 Å². The van der Waals surface area contributed by atoms with Gasteiger partial charge in [0.15, 0.2) is 0 Å². The first kappa shape index (κ1) is 21.6. The van der Waals surface area contributed by atoms with Crippen molar-refractivity contribution in [3.8, 4) is 0 Å². The van der Waals surface area contributed by atoms with Gasteiger partial charge in [0, 0.05) is 19.6 Å². The Kier molecular flexibility index (Phi) is 6.53. The molecule has 32 heavy (non-hydrogen) atoms. The van der Waals surface area contributed by atoms with Crippen molar-refractivity contribution in [2.45, 2.75) is 37.8 Å². The fourth-order valence-electron chi connectivity index (χ4n) is 4.16. The SMILES string of the molecule is O=C1CN(c2ccc(NC(=O)C3(NC(=O)NCc4ccccc4)CCCC3)cn2)CCN1. The molecular weight excluding hydrogens is 408 g/mol. The van der Waals surface area contributed by atoms with Crippen LogP contribution in [0.2, 0.25) is 0 Å². The largest absolute Gasteiger partial charge is 0.353 e. The number of amides is 4. The number of carbonyl (C=O) groups is 3. The van der Waals surface area contributed by atoms with Crippen LogP contribution in [-0.4, -0.2) is 48.0 Å². The predicted molar refractivity (Wildman–Crippen MR) is 121 cm³/mol. The molecule has 4 amide bonds. The van der Waals surface area contributed by atoms with Gasteiger partial charge in [-0.15, -0.1) is 0 Å². The van der Waals surface area contributed by atoms with E-state index in [0.29, 0.717) is 44.0 Å². The molecule has 0 unspecified atom stereocenters. The van der Waals surface area contributed by atoms with E-state index in [1.165, 1.54) is 0 Å². The van der Waals surface area contributed by atoms with E-state index in [4.69, 9.17) is 0 Å². The lowest BCUT2D eigenvalue weighted by molar-refractivity contribution is -0.122. The van der Waals surface area contributed by atoms with Crippen LogP contribution >= 0.6 is 0 Å². The lowest BCUT2D eigenvalue weighted by Crippen LogP contribution is -2.57. The highest BCUT2D eigenvalue weighted by molar-refractivity contribution is 6.00. The van der Waals surface area contributed by atoms with E-state index in [0.717, 1.165) is 18.4 Å². The van der Waals surface area contributed by atoms with Gasteiger partial charge in [0.05, 0.1) is 18.4 Å². The van der Waals surface area contributed by atoms with Crippen LogP contribution in [0.5, 0.6) is 0 Å². The minimum Gasteiger partial charge on any atom is -0.353 e. The lowest BCUT2D eigenvalue weighted by atomic mass is 9.96. The number of pyridine rings is 1. The van der Waals surface area contributed by atoms with Gasteiger partial charge < -0.3 is 26.2 Å². The van der Waals surface area contributed by atoms with Crippen molar-refractivity contribution in [1.29, 1.82) is 0 Å². The average molecular weight is 437 g/mol. The van der Waals surface area contributed by atoms with Crippen molar-refractivity contribution < 1.29 is 14.4 Å². The smallest absolute Gasteiger partial charge is 0.315 e. The average Bonchev–Trinajstić information content (AvgIpc) is 3.29. The van der Waals surface area contributed by atoms with Crippen molar-refractivity contribution >= 4 is 29.4 Å². The normalized spacial score (nSPS) is 17.4. The maximum Gasteiger partial charge on any atom is 0.315 e. The third-order valence-electron chi connectivity index (χ3n) is 5.91. The second-order valence-corrected chi connectivity index (χ2v) is 8.21. The maximum atomic E-state index is 13.1. The van der Waals surface area contributed by atoms with Gasteiger partial charge in [0.25, 0.3) is 0 Å². The van der Waals surface area contributed by atoms with E-state index in [9.17, 15) is 14.4 Å². The van der Waals surface area contributed by atoms with Gasteiger partial charge in [-0.05, 0) is 30.5 Å². The summed E-state index contributed by atoms with van der Waals surface area (Å²) in [5.74, 6) is 0.416. The van der Waals surface area contributed by atoms with Crippen LogP contribution < -0.4 is 26.2 Å². The van der Waals surface area contributed by atoms with Crippen LogP contribution in [0.15, 0.2) is 48.7 Å². The van der Waals surface area contributed by atoms with Crippen LogP contribution in [0.1, 0.15) is 31.2 Å². The number of nitrogens with zero attached hydrogens (tertiary/aromatic N) is 2. The Balaban J connectivity index is 1.36. The van der Waals surface area contributed by atoms with Crippen LogP contribution in [0.3, 0.4) is 0 Å². The molecule has 0 atom stereocenters. The first-order valence-corrected chi connectivity index (χ1v) is 10.9. The number of piperazine rings is 1. The van der Waals surface area contributed by atoms with E-state index in [1.54, 1.807) is 18.3 Å². The molecule has 2 aliphatic rings. The summed E-state index contributed by atoms with van der Waals surface area (Å²) in [7, 11) is 0. The second-order valence-electron chi connectivity index (χ2n) is 8.21. The minimum atomic E-state index is -0.940. The van der Waals surface area contributed by atoms with Gasteiger partial charge in [-0.1, -0.05) is 43.2 Å². The molecule has 0 bridgehead atoms. The lowest BCUT2D eigenvalue weighted by Gasteiger charge is -2.29. The molecule has 0 spiro atoms. The Bertz CT molecular complexity index is 957. The Morgan fingerprint density at radius 1 is 1.09 bits per heavy atom. The highest BCUT2D eigenvalue weighted by atomic mass is 16.2. The summed E-state index contributed by atoms with van der Waals surface area (Å²) in [5.41, 5.74) is 0.604. The number of benzene rings is 1. The minimum absolute atomic E-state index is 0.0322. The van der Waals surface area contributed by atoms with E-state index < -0.39 is 5.54 Å². The van der Waals surface area contributed by atoms with E-state index in [-0.39, 0.29) is 24.4 Å². The zero-order valence-electron chi connectivity index (χ0n) is 17.9. The number of nitrogens with one attached hydrogen (secondary N) is 4. The zero-order valence-corrected chi connectivity index (χ0v) is 17.9. The van der Waals surface area contributed by atoms with E-state index >= 15 is 0 Å². The molecule has 4 N–H and O–H groups in total. The van der Waals surface area contributed by atoms with Crippen molar-refractivity contribution in [1.82, 2.24) is 20.9 Å². The summed E-state index contributed by atoms with van der Waals surface area (Å²) >= 11 is 0. The van der Waals surface area contributed by atoms with Crippen molar-refractivity contribution in [2.24, 2.45) is 0 Å². The standard InChI is InChI=1S/C23H28N6O3/c30-20-16-29(13-12-24-20)19-9-8-18(15-25-19)27-21(31)23(10-4-5-11-23)28-22(32)26-14-17-6-2-1-3-7-17/h1-3,6-9,15H,4-5,10-14,16H2,(H,24,30)(H,27,31)(H2,26,28,32). The van der Waals surface area contributed by atoms with Gasteiger partial charge in [-0.3, -0.25) is 9.59 Å². The van der Waals surface area contributed by atoms with E-state index in [2.05, 4.69) is 26.3 Å². The molecule has 2 fully saturated rings. The highest BCUT2D eigenvalue weighted by Gasteiger charge is 2.42. The summed E-state index contributed by atoms with van der Waals surface area (Å²) in [4.78, 5) is 43.5. The quantitative estimate of drug-likeness (QED) is 0.551. The van der Waals surface area contributed by atoms with Crippen molar-refractivity contribution in [3.05, 3.63) is 54.2 Å². The maximum absolute atomic E-state index is 13.1. The zero-order chi connectivity index (χ0) is 22.4. The fourth-order valence-corrected chi connectivity index (χ4v) is 4.16. The predicted octanol–water partition coefficient (Wildman–Crippen LogP) is 1.77. The molecule has 1 saturated carbocycles. The van der Waals surface area contributed by atoms with Crippen molar-refractivity contribution in [3.63, 3.8) is 0 Å². The molecule has 2 heterocycles. The van der Waals surface area contributed by atoms with Crippen LogP contribution in [0.25, 0.3) is 0 Å². The number of rotatable bonds is 6. The molecule has 1 saturated heterocycles. The summed E-state index contributed by atoms with van der Waals surface area (Å²) in [6.45, 7) is 1.93. The molecule has 1 aliphatic carbocycles. The Hall–Kier alpha value is -3.62. The topological polar surface area (TPSA) is 115 Å². The summed E-state index contributed by atoms with van der Waals surface area (Å²) in [6.07, 6.45) is 4.51. The van der Waals surface area contributed by atoms with Gasteiger partial charge in [-0.2, -0.15) is 0 Å². The first-order valence-electron chi connectivity index (χ1n) is 10.9. The van der Waals surface area contributed by atoms with E-state index in [1.807, 2.05) is 35.2 Å². The molecule has 168 valence electrons. The van der Waals surface area contributed by atoms with Crippen LogP contribution in [0, 0.1) is 0 Å².